The lowest BCUT2D eigenvalue weighted by atomic mass is 10.2. The summed E-state index contributed by atoms with van der Waals surface area (Å²) in [6, 6.07) is 8.41. The Kier molecular flexibility index (Phi) is 9.98. The highest BCUT2D eigenvalue weighted by Gasteiger charge is 2.03. The number of methoxy groups -OCH3 is 1. The highest BCUT2D eigenvalue weighted by Crippen LogP contribution is 2.16. The zero-order valence-electron chi connectivity index (χ0n) is 14.5. The minimum Gasteiger partial charge on any atom is -0.497 e. The van der Waals surface area contributed by atoms with Crippen molar-refractivity contribution in [3.8, 4) is 5.75 Å². The molecule has 25 heavy (non-hydrogen) atoms. The van der Waals surface area contributed by atoms with E-state index in [2.05, 4.69) is 22.5 Å². The van der Waals surface area contributed by atoms with Gasteiger partial charge in [-0.1, -0.05) is 6.92 Å². The summed E-state index contributed by atoms with van der Waals surface area (Å²) in [6.07, 6.45) is 3.43. The molecular weight excluding hydrogens is 436 g/mol. The largest absolute Gasteiger partial charge is 0.497 e. The molecule has 0 saturated heterocycles. The van der Waals surface area contributed by atoms with E-state index in [0.29, 0.717) is 24.8 Å². The molecular formula is C18H25FIN3O2. The van der Waals surface area contributed by atoms with Crippen LogP contribution in [0.5, 0.6) is 5.75 Å². The first-order valence-electron chi connectivity index (χ1n) is 8.09. The van der Waals surface area contributed by atoms with Gasteiger partial charge >= 0.3 is 0 Å². The van der Waals surface area contributed by atoms with Crippen molar-refractivity contribution in [3.63, 3.8) is 0 Å². The molecule has 0 atom stereocenters. The molecule has 138 valence electrons. The van der Waals surface area contributed by atoms with Gasteiger partial charge in [-0.3, -0.25) is 0 Å². The van der Waals surface area contributed by atoms with Crippen LogP contribution in [0.4, 0.5) is 4.39 Å². The van der Waals surface area contributed by atoms with Crippen molar-refractivity contribution in [2.24, 2.45) is 4.99 Å². The number of nitrogens with one attached hydrogen (secondary N) is 2. The number of benzene rings is 1. The molecule has 1 aromatic carbocycles. The van der Waals surface area contributed by atoms with Crippen LogP contribution in [0, 0.1) is 5.82 Å². The fourth-order valence-corrected chi connectivity index (χ4v) is 2.18. The van der Waals surface area contributed by atoms with Crippen LogP contribution in [0.15, 0.2) is 46.0 Å². The summed E-state index contributed by atoms with van der Waals surface area (Å²) in [6.45, 7) is 3.98. The third-order valence-electron chi connectivity index (χ3n) is 3.37. The fraction of sp³-hybridized carbons (Fsp3) is 0.389. The lowest BCUT2D eigenvalue weighted by molar-refractivity contribution is 0.410. The highest BCUT2D eigenvalue weighted by molar-refractivity contribution is 14.0. The number of hydrogen-bond acceptors (Lipinski definition) is 3. The Bertz CT molecular complexity index is 648. The zero-order valence-corrected chi connectivity index (χ0v) is 16.9. The normalized spacial score (nSPS) is 10.9. The maximum Gasteiger partial charge on any atom is 0.191 e. The Balaban J connectivity index is 0.00000312. The van der Waals surface area contributed by atoms with Crippen LogP contribution >= 0.6 is 24.0 Å². The Hall–Kier alpha value is -1.77. The summed E-state index contributed by atoms with van der Waals surface area (Å²) in [7, 11) is 1.52. The van der Waals surface area contributed by atoms with E-state index in [0.717, 1.165) is 30.7 Å². The molecule has 0 fully saturated rings. The predicted octanol–water partition coefficient (Wildman–Crippen LogP) is 3.73. The molecule has 0 saturated carbocycles. The number of hydrogen-bond donors (Lipinski definition) is 2. The molecule has 5 nitrogen and oxygen atoms in total. The van der Waals surface area contributed by atoms with Gasteiger partial charge in [0, 0.05) is 25.6 Å². The average molecular weight is 461 g/mol. The van der Waals surface area contributed by atoms with E-state index >= 15 is 0 Å². The monoisotopic (exact) mass is 461 g/mol. The van der Waals surface area contributed by atoms with Crippen molar-refractivity contribution >= 4 is 29.9 Å². The average Bonchev–Trinajstić information content (AvgIpc) is 3.09. The molecule has 7 heteroatoms. The van der Waals surface area contributed by atoms with Gasteiger partial charge in [0.15, 0.2) is 5.96 Å². The number of rotatable bonds is 8. The minimum absolute atomic E-state index is 0. The lowest BCUT2D eigenvalue weighted by Gasteiger charge is -2.12. The van der Waals surface area contributed by atoms with Gasteiger partial charge in [-0.25, -0.2) is 9.38 Å². The van der Waals surface area contributed by atoms with Gasteiger partial charge in [-0.15, -0.1) is 24.0 Å². The van der Waals surface area contributed by atoms with E-state index in [1.165, 1.54) is 19.2 Å². The first-order valence-corrected chi connectivity index (χ1v) is 8.09. The van der Waals surface area contributed by atoms with Crippen LogP contribution in [-0.2, 0) is 13.0 Å². The first-order chi connectivity index (χ1) is 11.7. The Morgan fingerprint density at radius 1 is 1.24 bits per heavy atom. The van der Waals surface area contributed by atoms with Gasteiger partial charge in [0.25, 0.3) is 0 Å². The second-order valence-electron chi connectivity index (χ2n) is 5.35. The summed E-state index contributed by atoms with van der Waals surface area (Å²) >= 11 is 0. The summed E-state index contributed by atoms with van der Waals surface area (Å²) in [4.78, 5) is 4.51. The molecule has 0 amide bonds. The standard InChI is InChI=1S/C18H24FN3O2.HI/c1-3-7-20-18(21-8-6-16-5-4-9-24-16)22-13-14-10-15(19)12-17(11-14)23-2;/h4-5,9-12H,3,6-8,13H2,1-2H3,(H2,20,21,22);1H. The predicted molar refractivity (Wildman–Crippen MR) is 108 cm³/mol. The SMILES string of the molecule is CCCNC(=NCc1cc(F)cc(OC)c1)NCCc1ccco1.I. The van der Waals surface area contributed by atoms with Crippen LogP contribution in [0.3, 0.4) is 0 Å². The van der Waals surface area contributed by atoms with E-state index in [9.17, 15) is 4.39 Å². The number of aliphatic imine (C=N–C) groups is 1. The van der Waals surface area contributed by atoms with E-state index in [4.69, 9.17) is 9.15 Å². The van der Waals surface area contributed by atoms with Crippen molar-refractivity contribution in [2.45, 2.75) is 26.3 Å². The lowest BCUT2D eigenvalue weighted by Crippen LogP contribution is -2.38. The number of nitrogens with zero attached hydrogens (tertiary/aromatic N) is 1. The molecule has 0 aliphatic rings. The number of halogens is 2. The summed E-state index contributed by atoms with van der Waals surface area (Å²) in [5, 5.41) is 6.51. The number of ether oxygens (including phenoxy) is 1. The van der Waals surface area contributed by atoms with E-state index in [1.54, 1.807) is 12.3 Å². The molecule has 2 N–H and O–H groups in total. The summed E-state index contributed by atoms with van der Waals surface area (Å²) in [5.41, 5.74) is 0.760. The molecule has 2 rings (SSSR count). The Morgan fingerprint density at radius 2 is 2.04 bits per heavy atom. The quantitative estimate of drug-likeness (QED) is 0.358. The van der Waals surface area contributed by atoms with Crippen LogP contribution in [0.25, 0.3) is 0 Å². The van der Waals surface area contributed by atoms with Crippen molar-refractivity contribution in [1.29, 1.82) is 0 Å². The summed E-state index contributed by atoms with van der Waals surface area (Å²) < 4.78 is 23.9. The molecule has 0 aliphatic heterocycles. The van der Waals surface area contributed by atoms with Crippen molar-refractivity contribution in [2.75, 3.05) is 20.2 Å². The van der Waals surface area contributed by atoms with Crippen molar-refractivity contribution in [3.05, 3.63) is 53.7 Å². The molecule has 0 unspecified atom stereocenters. The molecule has 0 spiro atoms. The summed E-state index contributed by atoms with van der Waals surface area (Å²) in [5.74, 6) is 1.79. The zero-order chi connectivity index (χ0) is 17.2. The van der Waals surface area contributed by atoms with Gasteiger partial charge < -0.3 is 19.8 Å². The van der Waals surface area contributed by atoms with Crippen molar-refractivity contribution < 1.29 is 13.5 Å². The fourth-order valence-electron chi connectivity index (χ4n) is 2.18. The third-order valence-corrected chi connectivity index (χ3v) is 3.37. The van der Waals surface area contributed by atoms with Gasteiger partial charge in [0.1, 0.15) is 17.3 Å². The Labute approximate surface area is 165 Å². The smallest absolute Gasteiger partial charge is 0.191 e. The van der Waals surface area contributed by atoms with Crippen LogP contribution < -0.4 is 15.4 Å². The van der Waals surface area contributed by atoms with Crippen LogP contribution in [-0.4, -0.2) is 26.2 Å². The molecule has 2 aromatic rings. The first kappa shape index (κ1) is 21.3. The molecule has 1 heterocycles. The second-order valence-corrected chi connectivity index (χ2v) is 5.35. The highest BCUT2D eigenvalue weighted by atomic mass is 127. The third kappa shape index (κ3) is 7.76. The van der Waals surface area contributed by atoms with Gasteiger partial charge in [0.2, 0.25) is 0 Å². The van der Waals surface area contributed by atoms with Gasteiger partial charge in [-0.2, -0.15) is 0 Å². The van der Waals surface area contributed by atoms with Gasteiger partial charge in [0.05, 0.1) is 19.9 Å². The number of furan rings is 1. The second kappa shape index (κ2) is 11.7. The topological polar surface area (TPSA) is 58.8 Å². The molecule has 0 bridgehead atoms. The molecule has 0 radical (unpaired) electrons. The number of guanidine groups is 1. The minimum atomic E-state index is -0.326. The van der Waals surface area contributed by atoms with Crippen molar-refractivity contribution in [1.82, 2.24) is 10.6 Å². The maximum atomic E-state index is 13.5. The van der Waals surface area contributed by atoms with Crippen LogP contribution in [0.1, 0.15) is 24.7 Å². The van der Waals surface area contributed by atoms with Gasteiger partial charge in [-0.05, 0) is 36.2 Å². The van der Waals surface area contributed by atoms with E-state index < -0.39 is 0 Å². The van der Waals surface area contributed by atoms with E-state index in [-0.39, 0.29) is 29.8 Å². The maximum absolute atomic E-state index is 13.5. The molecule has 0 aliphatic carbocycles. The van der Waals surface area contributed by atoms with Crippen LogP contribution in [0.2, 0.25) is 0 Å². The Morgan fingerprint density at radius 3 is 2.72 bits per heavy atom. The van der Waals surface area contributed by atoms with E-state index in [1.807, 2.05) is 12.1 Å². The molecule has 1 aromatic heterocycles.